The van der Waals surface area contributed by atoms with Crippen molar-refractivity contribution in [2.45, 2.75) is 25.3 Å². The summed E-state index contributed by atoms with van der Waals surface area (Å²) in [5, 5.41) is 5.40. The summed E-state index contributed by atoms with van der Waals surface area (Å²) in [6.07, 6.45) is 1.39. The first-order chi connectivity index (χ1) is 14.6. The molecule has 3 aromatic rings. The molecule has 1 aliphatic heterocycles. The lowest BCUT2D eigenvalue weighted by Gasteiger charge is -2.27. The van der Waals surface area contributed by atoms with Gasteiger partial charge in [0.25, 0.3) is 0 Å². The number of rotatable bonds is 5. The van der Waals surface area contributed by atoms with E-state index in [1.165, 1.54) is 27.9 Å². The van der Waals surface area contributed by atoms with E-state index in [1.807, 2.05) is 0 Å². The zero-order valence-electron chi connectivity index (χ0n) is 16.0. The number of halogens is 3. The van der Waals surface area contributed by atoms with E-state index in [1.54, 1.807) is 24.5 Å². The number of carbonyl (C=O) groups excluding carboxylic acids is 1. The fraction of sp³-hybridized carbons (Fsp3) is 0.250. The Morgan fingerprint density at radius 2 is 1.94 bits per heavy atom. The average molecular weight is 450 g/mol. The summed E-state index contributed by atoms with van der Waals surface area (Å²) >= 11 is 0. The van der Waals surface area contributed by atoms with Crippen LogP contribution in [0.25, 0.3) is 10.9 Å². The van der Waals surface area contributed by atoms with Gasteiger partial charge in [-0.2, -0.15) is 18.3 Å². The van der Waals surface area contributed by atoms with Crippen LogP contribution in [0.4, 0.5) is 13.2 Å². The molecule has 162 valence electrons. The van der Waals surface area contributed by atoms with E-state index in [0.29, 0.717) is 5.52 Å². The van der Waals surface area contributed by atoms with Crippen molar-refractivity contribution in [3.63, 3.8) is 0 Å². The van der Waals surface area contributed by atoms with E-state index in [2.05, 4.69) is 10.1 Å². The minimum atomic E-state index is -4.48. The monoisotopic (exact) mass is 450 g/mol. The number of hydrogen-bond acceptors (Lipinski definition) is 5. The molecule has 0 bridgehead atoms. The Kier molecular flexibility index (Phi) is 5.29. The number of fused-ring (bicyclic) bond motifs is 1. The zero-order valence-corrected chi connectivity index (χ0v) is 16.8. The number of alkyl halides is 3. The summed E-state index contributed by atoms with van der Waals surface area (Å²) in [6.45, 7) is -0.0896. The number of benzene rings is 1. The number of hydrogen-bond donors (Lipinski definition) is 0. The Labute approximate surface area is 175 Å². The van der Waals surface area contributed by atoms with E-state index in [-0.39, 0.29) is 24.2 Å². The van der Waals surface area contributed by atoms with Crippen molar-refractivity contribution in [2.75, 3.05) is 5.75 Å². The van der Waals surface area contributed by atoms with Gasteiger partial charge in [0, 0.05) is 29.7 Å². The second-order valence-electron chi connectivity index (χ2n) is 7.18. The molecule has 1 unspecified atom stereocenters. The first kappa shape index (κ1) is 21.0. The molecule has 0 saturated carbocycles. The van der Waals surface area contributed by atoms with Crippen molar-refractivity contribution in [1.29, 1.82) is 0 Å². The van der Waals surface area contributed by atoms with Crippen molar-refractivity contribution in [3.8, 4) is 0 Å². The molecular formula is C20H17F3N4O3S. The molecule has 0 N–H and O–H groups in total. The third-order valence-corrected chi connectivity index (χ3v) is 6.37. The number of amides is 1. The number of nitrogens with zero attached hydrogens (tertiary/aromatic N) is 4. The molecule has 1 atom stereocenters. The largest absolute Gasteiger partial charge is 0.416 e. The van der Waals surface area contributed by atoms with Gasteiger partial charge in [-0.3, -0.25) is 14.5 Å². The summed E-state index contributed by atoms with van der Waals surface area (Å²) < 4.78 is 63.9. The number of carbonyl (C=O) groups is 1. The number of aromatic nitrogens is 3. The Morgan fingerprint density at radius 1 is 1.19 bits per heavy atom. The standard InChI is InChI=1S/C20H17F3N4O3S/c21-20(22,23)16-1-2-18-15(9-16)10-25-27(18)12-19(28)26(11-14-3-6-24-7-4-14)17-5-8-31(29,30)13-17/h1-10,17H,11-13H2. The first-order valence-corrected chi connectivity index (χ1v) is 11.0. The molecule has 0 aliphatic carbocycles. The highest BCUT2D eigenvalue weighted by Crippen LogP contribution is 2.31. The molecule has 31 heavy (non-hydrogen) atoms. The summed E-state index contributed by atoms with van der Waals surface area (Å²) in [5.74, 6) is -0.632. The summed E-state index contributed by atoms with van der Waals surface area (Å²) in [7, 11) is -3.40. The van der Waals surface area contributed by atoms with Crippen LogP contribution in [-0.4, -0.2) is 45.8 Å². The molecule has 2 aromatic heterocycles. The molecule has 1 amide bonds. The molecule has 11 heteroatoms. The van der Waals surface area contributed by atoms with Gasteiger partial charge in [0.1, 0.15) is 6.54 Å². The van der Waals surface area contributed by atoms with E-state index >= 15 is 0 Å². The van der Waals surface area contributed by atoms with Crippen LogP contribution >= 0.6 is 0 Å². The van der Waals surface area contributed by atoms with Gasteiger partial charge in [-0.15, -0.1) is 0 Å². The van der Waals surface area contributed by atoms with Gasteiger partial charge in [0.2, 0.25) is 5.91 Å². The molecule has 3 heterocycles. The van der Waals surface area contributed by atoms with E-state index in [0.717, 1.165) is 23.1 Å². The van der Waals surface area contributed by atoms with Crippen molar-refractivity contribution < 1.29 is 26.4 Å². The maximum Gasteiger partial charge on any atom is 0.416 e. The van der Waals surface area contributed by atoms with Crippen LogP contribution in [0.1, 0.15) is 11.1 Å². The molecule has 0 spiro atoms. The highest BCUT2D eigenvalue weighted by Gasteiger charge is 2.32. The topological polar surface area (TPSA) is 85.2 Å². The first-order valence-electron chi connectivity index (χ1n) is 9.24. The van der Waals surface area contributed by atoms with Crippen LogP contribution in [0.15, 0.2) is 60.4 Å². The second-order valence-corrected chi connectivity index (χ2v) is 9.11. The van der Waals surface area contributed by atoms with Crippen LogP contribution in [0.5, 0.6) is 0 Å². The normalized spacial score (nSPS) is 17.8. The lowest BCUT2D eigenvalue weighted by Crippen LogP contribution is -2.42. The lowest BCUT2D eigenvalue weighted by atomic mass is 10.1. The Balaban J connectivity index is 1.61. The van der Waals surface area contributed by atoms with Gasteiger partial charge in [0.05, 0.1) is 29.1 Å². The third-order valence-electron chi connectivity index (χ3n) is 4.99. The van der Waals surface area contributed by atoms with E-state index < -0.39 is 33.5 Å². The fourth-order valence-electron chi connectivity index (χ4n) is 3.44. The van der Waals surface area contributed by atoms with Crippen molar-refractivity contribution in [2.24, 2.45) is 0 Å². The highest BCUT2D eigenvalue weighted by molar-refractivity contribution is 7.94. The predicted molar refractivity (Wildman–Crippen MR) is 106 cm³/mol. The van der Waals surface area contributed by atoms with Gasteiger partial charge < -0.3 is 4.90 Å². The van der Waals surface area contributed by atoms with Crippen molar-refractivity contribution in [1.82, 2.24) is 19.7 Å². The Bertz CT molecular complexity index is 1250. The van der Waals surface area contributed by atoms with Gasteiger partial charge in [-0.1, -0.05) is 0 Å². The minimum absolute atomic E-state index is 0.156. The maximum absolute atomic E-state index is 13.1. The van der Waals surface area contributed by atoms with Crippen LogP contribution in [0.3, 0.4) is 0 Å². The molecule has 4 rings (SSSR count). The molecule has 7 nitrogen and oxygen atoms in total. The average Bonchev–Trinajstić information content (AvgIpc) is 3.28. The zero-order chi connectivity index (χ0) is 22.2. The summed E-state index contributed by atoms with van der Waals surface area (Å²) in [5.41, 5.74) is 0.340. The predicted octanol–water partition coefficient (Wildman–Crippen LogP) is 2.79. The Morgan fingerprint density at radius 3 is 2.58 bits per heavy atom. The Hall–Kier alpha value is -3.21. The van der Waals surface area contributed by atoms with Crippen LogP contribution in [0, 0.1) is 0 Å². The van der Waals surface area contributed by atoms with E-state index in [9.17, 15) is 26.4 Å². The molecule has 1 aliphatic rings. The fourth-order valence-corrected chi connectivity index (χ4v) is 4.74. The van der Waals surface area contributed by atoms with Gasteiger partial charge in [0.15, 0.2) is 9.84 Å². The number of sulfone groups is 1. The van der Waals surface area contributed by atoms with Crippen LogP contribution < -0.4 is 0 Å². The van der Waals surface area contributed by atoms with Crippen molar-refractivity contribution >= 4 is 26.6 Å². The third kappa shape index (κ3) is 4.61. The second kappa shape index (κ2) is 7.80. The molecule has 0 radical (unpaired) electrons. The SMILES string of the molecule is O=C(Cn1ncc2cc(C(F)(F)F)ccc21)N(Cc1ccncc1)C1C=CS(=O)(=O)C1. The smallest absolute Gasteiger partial charge is 0.329 e. The maximum atomic E-state index is 13.1. The quantitative estimate of drug-likeness (QED) is 0.597. The summed E-state index contributed by atoms with van der Waals surface area (Å²) in [6, 6.07) is 5.97. The lowest BCUT2D eigenvalue weighted by molar-refractivity contribution is -0.137. The summed E-state index contributed by atoms with van der Waals surface area (Å²) in [4.78, 5) is 18.5. The van der Waals surface area contributed by atoms with Crippen LogP contribution in [0.2, 0.25) is 0 Å². The van der Waals surface area contributed by atoms with Gasteiger partial charge in [-0.05, 0) is 42.0 Å². The molecule has 0 saturated heterocycles. The number of pyridine rings is 1. The van der Waals surface area contributed by atoms with Crippen molar-refractivity contribution in [3.05, 3.63) is 71.5 Å². The highest BCUT2D eigenvalue weighted by atomic mass is 32.2. The van der Waals surface area contributed by atoms with E-state index in [4.69, 9.17) is 0 Å². The molecule has 1 aromatic carbocycles. The molecular weight excluding hydrogens is 433 g/mol. The minimum Gasteiger partial charge on any atom is -0.329 e. The van der Waals surface area contributed by atoms with Gasteiger partial charge in [-0.25, -0.2) is 8.42 Å². The van der Waals surface area contributed by atoms with Crippen LogP contribution in [-0.2, 0) is 33.9 Å². The van der Waals surface area contributed by atoms with Gasteiger partial charge >= 0.3 is 6.18 Å². The molecule has 0 fully saturated rings.